The van der Waals surface area contributed by atoms with E-state index in [4.69, 9.17) is 12.2 Å². The van der Waals surface area contributed by atoms with Crippen molar-refractivity contribution < 1.29 is 0 Å². The molecule has 2 aromatic heterocycles. The van der Waals surface area contributed by atoms with Crippen LogP contribution in [0.4, 0.5) is 5.69 Å². The van der Waals surface area contributed by atoms with E-state index in [0.717, 1.165) is 27.3 Å². The average Bonchev–Trinajstić information content (AvgIpc) is 2.83. The van der Waals surface area contributed by atoms with Gasteiger partial charge in [-0.15, -0.1) is 0 Å². The number of aryl methyl sites for hydroxylation is 1. The quantitative estimate of drug-likeness (QED) is 0.750. The number of thiocarbonyl (C=S) groups is 1. The van der Waals surface area contributed by atoms with Crippen LogP contribution in [-0.4, -0.2) is 19.5 Å². The van der Waals surface area contributed by atoms with Crippen molar-refractivity contribution in [3.63, 3.8) is 0 Å². The third-order valence-corrected chi connectivity index (χ3v) is 3.36. The van der Waals surface area contributed by atoms with Gasteiger partial charge in [-0.3, -0.25) is 4.98 Å². The summed E-state index contributed by atoms with van der Waals surface area (Å²) in [5, 5.41) is 3.27. The van der Waals surface area contributed by atoms with Crippen molar-refractivity contribution >= 4 is 33.9 Å². The van der Waals surface area contributed by atoms with Crippen molar-refractivity contribution in [1.29, 1.82) is 0 Å². The van der Waals surface area contributed by atoms with E-state index in [1.165, 1.54) is 0 Å². The molecule has 0 bridgehead atoms. The van der Waals surface area contributed by atoms with Crippen molar-refractivity contribution in [2.75, 3.05) is 5.32 Å². The number of nitrogens with one attached hydrogen (secondary N) is 1. The van der Waals surface area contributed by atoms with E-state index in [1.807, 2.05) is 48.1 Å². The maximum absolute atomic E-state index is 5.41. The highest BCUT2D eigenvalue weighted by atomic mass is 32.1. The number of benzene rings is 1. The van der Waals surface area contributed by atoms with Crippen molar-refractivity contribution in [2.24, 2.45) is 7.05 Å². The van der Waals surface area contributed by atoms with Gasteiger partial charge in [-0.1, -0.05) is 24.4 Å². The number of aromatic nitrogens is 3. The largest absolute Gasteiger partial charge is 0.348 e. The first-order valence-corrected chi connectivity index (χ1v) is 6.73. The second-order valence-electron chi connectivity index (χ2n) is 4.62. The summed E-state index contributed by atoms with van der Waals surface area (Å²) in [6.45, 7) is 0. The van der Waals surface area contributed by atoms with Crippen LogP contribution in [0.1, 0.15) is 5.56 Å². The highest BCUT2D eigenvalue weighted by Gasteiger charge is 2.07. The minimum absolute atomic E-state index is 0.673. The zero-order valence-corrected chi connectivity index (χ0v) is 11.9. The minimum atomic E-state index is 0.673. The van der Waals surface area contributed by atoms with Gasteiger partial charge in [0.1, 0.15) is 5.52 Å². The van der Waals surface area contributed by atoms with Crippen LogP contribution in [0.3, 0.4) is 0 Å². The summed E-state index contributed by atoms with van der Waals surface area (Å²) >= 11 is 5.41. The summed E-state index contributed by atoms with van der Waals surface area (Å²) in [6, 6.07) is 9.96. The first kappa shape index (κ1) is 12.7. The molecule has 0 atom stereocenters. The number of pyridine rings is 1. The Hall–Kier alpha value is -2.27. The fourth-order valence-electron chi connectivity index (χ4n) is 2.14. The lowest BCUT2D eigenvalue weighted by Crippen LogP contribution is -2.12. The summed E-state index contributed by atoms with van der Waals surface area (Å²) < 4.78 is 1.99. The maximum atomic E-state index is 5.41. The molecule has 0 unspecified atom stereocenters. The van der Waals surface area contributed by atoms with Gasteiger partial charge in [0.2, 0.25) is 0 Å². The van der Waals surface area contributed by atoms with Gasteiger partial charge in [0, 0.05) is 25.9 Å². The molecule has 20 heavy (non-hydrogen) atoms. The summed E-state index contributed by atoms with van der Waals surface area (Å²) in [4.78, 5) is 9.26. The summed E-state index contributed by atoms with van der Waals surface area (Å²) in [7, 11) is 1.98. The van der Waals surface area contributed by atoms with Crippen LogP contribution in [0.15, 0.2) is 49.1 Å². The van der Waals surface area contributed by atoms with Crippen LogP contribution in [0.5, 0.6) is 0 Å². The Morgan fingerprint density at radius 3 is 3.00 bits per heavy atom. The Morgan fingerprint density at radius 2 is 2.20 bits per heavy atom. The summed E-state index contributed by atoms with van der Waals surface area (Å²) in [5.41, 5.74) is 4.05. The van der Waals surface area contributed by atoms with Gasteiger partial charge in [0.15, 0.2) is 0 Å². The lowest BCUT2D eigenvalue weighted by molar-refractivity contribution is 0.948. The van der Waals surface area contributed by atoms with Crippen LogP contribution in [-0.2, 0) is 13.5 Å². The van der Waals surface area contributed by atoms with Crippen molar-refractivity contribution in [2.45, 2.75) is 6.42 Å². The molecule has 0 aliphatic heterocycles. The Bertz CT molecular complexity index is 749. The van der Waals surface area contributed by atoms with Gasteiger partial charge in [0.05, 0.1) is 22.5 Å². The van der Waals surface area contributed by atoms with Crippen molar-refractivity contribution in [3.8, 4) is 0 Å². The Kier molecular flexibility index (Phi) is 3.43. The van der Waals surface area contributed by atoms with Gasteiger partial charge >= 0.3 is 0 Å². The van der Waals surface area contributed by atoms with Gasteiger partial charge < -0.3 is 9.88 Å². The monoisotopic (exact) mass is 282 g/mol. The van der Waals surface area contributed by atoms with Gasteiger partial charge in [-0.25, -0.2) is 4.98 Å². The lowest BCUT2D eigenvalue weighted by atomic mass is 10.2. The highest BCUT2D eigenvalue weighted by molar-refractivity contribution is 7.80. The fourth-order valence-corrected chi connectivity index (χ4v) is 2.42. The number of para-hydroxylation sites is 1. The van der Waals surface area contributed by atoms with Crippen LogP contribution in [0.25, 0.3) is 11.0 Å². The summed E-state index contributed by atoms with van der Waals surface area (Å²) in [6.07, 6.45) is 6.07. The molecule has 0 saturated carbocycles. The zero-order chi connectivity index (χ0) is 13.9. The zero-order valence-electron chi connectivity index (χ0n) is 11.1. The predicted molar refractivity (Wildman–Crippen MR) is 84.9 cm³/mol. The molecule has 3 rings (SSSR count). The standard InChI is InChI=1S/C15H14N4S/c1-19-10-17-15-12(5-2-6-13(15)19)18-14(20)8-11-4-3-7-16-9-11/h2-7,9-10H,8H2,1H3,(H,18,20). The molecule has 1 aromatic carbocycles. The number of nitrogens with zero attached hydrogens (tertiary/aromatic N) is 3. The fraction of sp³-hybridized carbons (Fsp3) is 0.133. The number of hydrogen-bond acceptors (Lipinski definition) is 3. The van der Waals surface area contributed by atoms with E-state index in [9.17, 15) is 0 Å². The molecule has 3 aromatic rings. The average molecular weight is 282 g/mol. The number of anilines is 1. The van der Waals surface area contributed by atoms with Crippen molar-refractivity contribution in [1.82, 2.24) is 14.5 Å². The van der Waals surface area contributed by atoms with E-state index in [1.54, 1.807) is 12.5 Å². The Morgan fingerprint density at radius 1 is 1.30 bits per heavy atom. The van der Waals surface area contributed by atoms with Gasteiger partial charge in [-0.2, -0.15) is 0 Å². The lowest BCUT2D eigenvalue weighted by Gasteiger charge is -2.08. The van der Waals surface area contributed by atoms with E-state index in [2.05, 4.69) is 15.3 Å². The summed E-state index contributed by atoms with van der Waals surface area (Å²) in [5.74, 6) is 0. The van der Waals surface area contributed by atoms with Gasteiger partial charge in [0.25, 0.3) is 0 Å². The number of hydrogen-bond donors (Lipinski definition) is 1. The second-order valence-corrected chi connectivity index (χ2v) is 5.11. The maximum Gasteiger partial charge on any atom is 0.112 e. The smallest absolute Gasteiger partial charge is 0.112 e. The van der Waals surface area contributed by atoms with Crippen LogP contribution >= 0.6 is 12.2 Å². The first-order chi connectivity index (χ1) is 9.74. The molecule has 0 fully saturated rings. The SMILES string of the molecule is Cn1cnc2c(NC(=S)Cc3cccnc3)cccc21. The molecule has 100 valence electrons. The number of imidazole rings is 1. The van der Waals surface area contributed by atoms with E-state index in [0.29, 0.717) is 6.42 Å². The third kappa shape index (κ3) is 2.53. The van der Waals surface area contributed by atoms with Crippen LogP contribution in [0.2, 0.25) is 0 Å². The van der Waals surface area contributed by atoms with Crippen LogP contribution in [0, 0.1) is 0 Å². The second kappa shape index (κ2) is 5.38. The van der Waals surface area contributed by atoms with E-state index < -0.39 is 0 Å². The van der Waals surface area contributed by atoms with Crippen LogP contribution < -0.4 is 5.32 Å². The molecule has 0 saturated heterocycles. The topological polar surface area (TPSA) is 42.7 Å². The molecule has 0 aliphatic rings. The third-order valence-electron chi connectivity index (χ3n) is 3.12. The number of fused-ring (bicyclic) bond motifs is 1. The first-order valence-electron chi connectivity index (χ1n) is 6.33. The van der Waals surface area contributed by atoms with Crippen molar-refractivity contribution in [3.05, 3.63) is 54.6 Å². The molecule has 4 nitrogen and oxygen atoms in total. The van der Waals surface area contributed by atoms with E-state index in [-0.39, 0.29) is 0 Å². The molecule has 2 heterocycles. The Labute approximate surface area is 122 Å². The molecular weight excluding hydrogens is 268 g/mol. The molecule has 0 amide bonds. The molecule has 0 spiro atoms. The highest BCUT2D eigenvalue weighted by Crippen LogP contribution is 2.21. The minimum Gasteiger partial charge on any atom is -0.348 e. The molecule has 0 aliphatic carbocycles. The predicted octanol–water partition coefficient (Wildman–Crippen LogP) is 2.95. The Balaban J connectivity index is 1.81. The molecule has 0 radical (unpaired) electrons. The number of rotatable bonds is 3. The molecule has 1 N–H and O–H groups in total. The molecule has 5 heteroatoms. The van der Waals surface area contributed by atoms with Gasteiger partial charge in [-0.05, 0) is 23.8 Å². The van der Waals surface area contributed by atoms with E-state index >= 15 is 0 Å². The normalized spacial score (nSPS) is 10.7. The molecular formula is C15H14N4S.